The van der Waals surface area contributed by atoms with E-state index in [-0.39, 0.29) is 48.4 Å². The molecule has 7 rings (SSSR count). The smallest absolute Gasteiger partial charge is 0.240 e. The van der Waals surface area contributed by atoms with Crippen molar-refractivity contribution in [3.63, 3.8) is 0 Å². The lowest BCUT2D eigenvalue weighted by molar-refractivity contribution is -0.193. The molecule has 2 amide bonds. The van der Waals surface area contributed by atoms with Crippen molar-refractivity contribution in [3.05, 3.63) is 0 Å². The summed E-state index contributed by atoms with van der Waals surface area (Å²) in [5.74, 6) is 2.87. The average molecular weight is 745 g/mol. The van der Waals surface area contributed by atoms with Crippen LogP contribution in [0.15, 0.2) is 0 Å². The van der Waals surface area contributed by atoms with Gasteiger partial charge in [0.1, 0.15) is 12.1 Å². The quantitative estimate of drug-likeness (QED) is 0.187. The van der Waals surface area contributed by atoms with E-state index in [4.69, 9.17) is 9.57 Å². The lowest BCUT2D eigenvalue weighted by Gasteiger charge is -2.62. The number of nitrogens with one attached hydrogen (secondary N) is 2. The Morgan fingerprint density at radius 3 is 2.36 bits per heavy atom. The third-order valence-corrected chi connectivity index (χ3v) is 15.7. The van der Waals surface area contributed by atoms with E-state index in [1.807, 2.05) is 7.11 Å². The van der Waals surface area contributed by atoms with E-state index in [9.17, 15) is 19.8 Å². The number of hydrogen-bond acceptors (Lipinski definition) is 8. The molecular formula is C43H76N4O6. The minimum atomic E-state index is -0.813. The molecule has 6 saturated carbocycles. The lowest BCUT2D eigenvalue weighted by atomic mass is 9.45. The van der Waals surface area contributed by atoms with E-state index in [0.717, 1.165) is 70.3 Å². The van der Waals surface area contributed by atoms with Crippen molar-refractivity contribution >= 4 is 11.8 Å². The molecule has 7 aliphatic rings. The Hall–Kier alpha value is -1.30. The van der Waals surface area contributed by atoms with Crippen LogP contribution >= 0.6 is 0 Å². The van der Waals surface area contributed by atoms with Gasteiger partial charge in [-0.05, 0) is 107 Å². The maximum atomic E-state index is 14.3. The number of nitrogens with zero attached hydrogens (tertiary/aromatic N) is 2. The van der Waals surface area contributed by atoms with E-state index in [2.05, 4.69) is 50.4 Å². The fourth-order valence-electron chi connectivity index (χ4n) is 12.7. The van der Waals surface area contributed by atoms with Gasteiger partial charge in [-0.25, -0.2) is 0 Å². The van der Waals surface area contributed by atoms with Crippen molar-refractivity contribution in [2.45, 2.75) is 160 Å². The van der Waals surface area contributed by atoms with Crippen molar-refractivity contribution in [1.82, 2.24) is 20.6 Å². The van der Waals surface area contributed by atoms with Crippen LogP contribution in [0, 0.1) is 58.7 Å². The summed E-state index contributed by atoms with van der Waals surface area (Å²) in [4.78, 5) is 36.8. The molecular weight excluding hydrogens is 668 g/mol. The standard InChI is InChI=1S/C43H76N4O6/c1-26-35-21-32(43(35,3)4)22-36(26)45-42(51)39-38(27(2)49)37(25-48)53-47(39)23-31-17-12-18-34(40(31)52-7)29-15-11-16-30(20-29)41(50)44-33(24-46(5)6)19-28-13-9-8-10-14-28/h26-40,48-49H,8-25H2,1-7H3,(H,44,50)(H,45,51)/t26-,27-,29?,30?,31?,32+,33+,34?,35-,36-,37-,38+,39-,40?/m0/s1. The second kappa shape index (κ2) is 17.9. The van der Waals surface area contributed by atoms with E-state index >= 15 is 0 Å². The first-order valence-corrected chi connectivity index (χ1v) is 21.8. The van der Waals surface area contributed by atoms with Crippen molar-refractivity contribution in [1.29, 1.82) is 0 Å². The van der Waals surface area contributed by atoms with Crippen LogP contribution in [0.5, 0.6) is 0 Å². The number of ether oxygens (including phenoxy) is 1. The number of hydrogen-bond donors (Lipinski definition) is 4. The normalized spacial score (nSPS) is 40.3. The van der Waals surface area contributed by atoms with Gasteiger partial charge < -0.3 is 30.5 Å². The van der Waals surface area contributed by atoms with Crippen LogP contribution < -0.4 is 10.6 Å². The number of fused-ring (bicyclic) bond motifs is 2. The van der Waals surface area contributed by atoms with Gasteiger partial charge in [0.15, 0.2) is 0 Å². The predicted molar refractivity (Wildman–Crippen MR) is 207 cm³/mol. The van der Waals surface area contributed by atoms with Gasteiger partial charge in [0, 0.05) is 50.0 Å². The number of carbonyl (C=O) groups excluding carboxylic acids is 2. The van der Waals surface area contributed by atoms with Crippen molar-refractivity contribution < 1.29 is 29.4 Å². The number of rotatable bonds is 14. The molecule has 1 heterocycles. The number of methoxy groups -OCH3 is 1. The Morgan fingerprint density at radius 1 is 0.981 bits per heavy atom. The van der Waals surface area contributed by atoms with Crippen LogP contribution in [-0.2, 0) is 19.2 Å². The molecule has 5 unspecified atom stereocenters. The van der Waals surface area contributed by atoms with Gasteiger partial charge in [0.05, 0.1) is 18.8 Å². The van der Waals surface area contributed by atoms with Crippen LogP contribution in [0.4, 0.5) is 0 Å². The van der Waals surface area contributed by atoms with Crippen LogP contribution in [0.2, 0.25) is 0 Å². The number of carbonyl (C=O) groups is 2. The Labute approximate surface area is 321 Å². The molecule has 2 bridgehead atoms. The van der Waals surface area contributed by atoms with E-state index in [1.54, 1.807) is 12.0 Å². The van der Waals surface area contributed by atoms with Gasteiger partial charge in [0.25, 0.3) is 0 Å². The maximum absolute atomic E-state index is 14.3. The molecule has 4 N–H and O–H groups in total. The fourth-order valence-corrected chi connectivity index (χ4v) is 12.7. The number of likely N-dealkylation sites (N-methyl/N-ethyl adjacent to an activating group) is 1. The summed E-state index contributed by atoms with van der Waals surface area (Å²) < 4.78 is 6.38. The molecule has 0 aromatic heterocycles. The van der Waals surface area contributed by atoms with Gasteiger partial charge in [-0.3, -0.25) is 14.4 Å². The number of aliphatic hydroxyl groups excluding tert-OH is 2. The number of hydroxylamine groups is 2. The van der Waals surface area contributed by atoms with E-state index < -0.39 is 24.2 Å². The minimum absolute atomic E-state index is 0.0125. The molecule has 10 heteroatoms. The van der Waals surface area contributed by atoms with Gasteiger partial charge >= 0.3 is 0 Å². The van der Waals surface area contributed by atoms with Gasteiger partial charge in [-0.2, -0.15) is 5.06 Å². The highest BCUT2D eigenvalue weighted by molar-refractivity contribution is 5.83. The molecule has 304 valence electrons. The maximum Gasteiger partial charge on any atom is 0.240 e. The molecule has 7 fully saturated rings. The second-order valence-electron chi connectivity index (χ2n) is 19.6. The summed E-state index contributed by atoms with van der Waals surface area (Å²) in [5, 5.41) is 30.1. The summed E-state index contributed by atoms with van der Waals surface area (Å²) in [6.07, 6.45) is 15.6. The molecule has 0 radical (unpaired) electrons. The lowest BCUT2D eigenvalue weighted by Crippen LogP contribution is -2.62. The molecule has 1 saturated heterocycles. The van der Waals surface area contributed by atoms with E-state index in [0.29, 0.717) is 41.5 Å². The zero-order valence-corrected chi connectivity index (χ0v) is 34.3. The van der Waals surface area contributed by atoms with Crippen LogP contribution in [0.3, 0.4) is 0 Å². The first-order chi connectivity index (χ1) is 25.3. The molecule has 10 nitrogen and oxygen atoms in total. The summed E-state index contributed by atoms with van der Waals surface area (Å²) in [7, 11) is 6.04. The van der Waals surface area contributed by atoms with Gasteiger partial charge in [0.2, 0.25) is 11.8 Å². The molecule has 0 aromatic carbocycles. The first kappa shape index (κ1) is 41.3. The molecule has 0 spiro atoms. The highest BCUT2D eigenvalue weighted by atomic mass is 16.7. The van der Waals surface area contributed by atoms with Gasteiger partial charge in [-0.15, -0.1) is 0 Å². The van der Waals surface area contributed by atoms with E-state index in [1.165, 1.54) is 38.5 Å². The fraction of sp³-hybridized carbons (Fsp3) is 0.953. The highest BCUT2D eigenvalue weighted by Gasteiger charge is 2.58. The van der Waals surface area contributed by atoms with Crippen molar-refractivity contribution in [2.24, 2.45) is 58.7 Å². The predicted octanol–water partition coefficient (Wildman–Crippen LogP) is 5.40. The molecule has 53 heavy (non-hydrogen) atoms. The Morgan fingerprint density at radius 2 is 1.72 bits per heavy atom. The summed E-state index contributed by atoms with van der Waals surface area (Å²) >= 11 is 0. The minimum Gasteiger partial charge on any atom is -0.394 e. The monoisotopic (exact) mass is 745 g/mol. The zero-order chi connectivity index (χ0) is 38.0. The van der Waals surface area contributed by atoms with Crippen molar-refractivity contribution in [3.8, 4) is 0 Å². The molecule has 0 aromatic rings. The van der Waals surface area contributed by atoms with Crippen LogP contribution in [0.1, 0.15) is 124 Å². The second-order valence-corrected chi connectivity index (χ2v) is 19.6. The average Bonchev–Trinajstić information content (AvgIpc) is 3.51. The van der Waals surface area contributed by atoms with Crippen LogP contribution in [0.25, 0.3) is 0 Å². The molecule has 14 atom stereocenters. The summed E-state index contributed by atoms with van der Waals surface area (Å²) in [6.45, 7) is 9.88. The van der Waals surface area contributed by atoms with Crippen molar-refractivity contribution in [2.75, 3.05) is 40.9 Å². The number of amides is 2. The van der Waals surface area contributed by atoms with Crippen LogP contribution in [-0.4, -0.2) is 109 Å². The molecule has 1 aliphatic heterocycles. The summed E-state index contributed by atoms with van der Waals surface area (Å²) in [5.41, 5.74) is 0.325. The largest absolute Gasteiger partial charge is 0.394 e. The Bertz CT molecular complexity index is 1210. The third kappa shape index (κ3) is 9.14. The Kier molecular flexibility index (Phi) is 13.9. The third-order valence-electron chi connectivity index (χ3n) is 15.7. The first-order valence-electron chi connectivity index (χ1n) is 21.8. The number of aliphatic hydroxyl groups is 2. The molecule has 6 aliphatic carbocycles. The van der Waals surface area contributed by atoms with Gasteiger partial charge in [-0.1, -0.05) is 72.1 Å². The SMILES string of the molecule is COC1C(CN2O[C@@H](CO)[C@@H]([C@H](C)O)[C@H]2C(=O)N[C@H]2C[C@H]3C[C@@H]([C@@H]2C)C3(C)C)CCCC1C1CCCC(C(=O)N[C@H](CC2CCCCC2)CN(C)C)C1. The highest BCUT2D eigenvalue weighted by Crippen LogP contribution is 2.61. The summed E-state index contributed by atoms with van der Waals surface area (Å²) in [6, 6.07) is -0.379. The topological polar surface area (TPSA) is 124 Å². The zero-order valence-electron chi connectivity index (χ0n) is 34.3. The Balaban J connectivity index is 1.11.